The zero-order chi connectivity index (χ0) is 14.0. The molecule has 0 heterocycles. The molecule has 0 bridgehead atoms. The third kappa shape index (κ3) is 2.77. The van der Waals surface area contributed by atoms with Crippen LogP contribution < -0.4 is 11.3 Å². The molecule has 0 amide bonds. The predicted octanol–water partition coefficient (Wildman–Crippen LogP) is 2.97. The van der Waals surface area contributed by atoms with Crippen molar-refractivity contribution < 1.29 is 13.2 Å². The molecule has 100 valence electrons. The van der Waals surface area contributed by atoms with Gasteiger partial charge in [-0.2, -0.15) is 0 Å². The summed E-state index contributed by atoms with van der Waals surface area (Å²) in [5.74, 6) is 3.77. The van der Waals surface area contributed by atoms with Gasteiger partial charge >= 0.3 is 0 Å². The van der Waals surface area contributed by atoms with E-state index in [4.69, 9.17) is 5.84 Å². The first-order valence-corrected chi connectivity index (χ1v) is 5.70. The zero-order valence-corrected chi connectivity index (χ0v) is 10.3. The normalized spacial score (nSPS) is 12.5. The Kier molecular flexibility index (Phi) is 3.87. The van der Waals surface area contributed by atoms with Gasteiger partial charge in [-0.3, -0.25) is 5.84 Å². The Hall–Kier alpha value is -1.85. The summed E-state index contributed by atoms with van der Waals surface area (Å²) in [6, 6.07) is 6.38. The van der Waals surface area contributed by atoms with Crippen molar-refractivity contribution in [1.82, 2.24) is 5.43 Å². The van der Waals surface area contributed by atoms with Gasteiger partial charge in [0, 0.05) is 5.56 Å². The molecule has 0 aliphatic carbocycles. The average molecular weight is 266 g/mol. The molecule has 0 spiro atoms. The van der Waals surface area contributed by atoms with Gasteiger partial charge in [-0.15, -0.1) is 0 Å². The molecule has 2 aromatic carbocycles. The molecule has 19 heavy (non-hydrogen) atoms. The molecule has 0 aliphatic rings. The Balaban J connectivity index is 2.55. The summed E-state index contributed by atoms with van der Waals surface area (Å²) in [4.78, 5) is 0. The summed E-state index contributed by atoms with van der Waals surface area (Å²) in [6.07, 6.45) is 0. The molecule has 0 aromatic heterocycles. The van der Waals surface area contributed by atoms with Gasteiger partial charge < -0.3 is 0 Å². The van der Waals surface area contributed by atoms with E-state index < -0.39 is 23.5 Å². The van der Waals surface area contributed by atoms with Crippen molar-refractivity contribution >= 4 is 0 Å². The maximum absolute atomic E-state index is 13.8. The number of aryl methyl sites for hydroxylation is 1. The van der Waals surface area contributed by atoms with Crippen LogP contribution >= 0.6 is 0 Å². The summed E-state index contributed by atoms with van der Waals surface area (Å²) in [7, 11) is 0. The van der Waals surface area contributed by atoms with Crippen LogP contribution in [0.15, 0.2) is 36.4 Å². The van der Waals surface area contributed by atoms with E-state index in [2.05, 4.69) is 5.43 Å². The number of hydrogen-bond donors (Lipinski definition) is 2. The first kappa shape index (κ1) is 13.6. The summed E-state index contributed by atoms with van der Waals surface area (Å²) in [5, 5.41) is 0. The summed E-state index contributed by atoms with van der Waals surface area (Å²) in [5.41, 5.74) is 3.63. The average Bonchev–Trinajstić information content (AvgIpc) is 2.38. The molecule has 2 rings (SSSR count). The van der Waals surface area contributed by atoms with Gasteiger partial charge in [0.05, 0.1) is 6.04 Å². The predicted molar refractivity (Wildman–Crippen MR) is 66.7 cm³/mol. The number of hydrazine groups is 1. The highest BCUT2D eigenvalue weighted by molar-refractivity contribution is 5.37. The van der Waals surface area contributed by atoms with E-state index in [0.717, 1.165) is 23.8 Å². The zero-order valence-electron chi connectivity index (χ0n) is 10.3. The number of nitrogens with two attached hydrogens (primary N) is 1. The van der Waals surface area contributed by atoms with Gasteiger partial charge in [-0.1, -0.05) is 6.07 Å². The third-order valence-corrected chi connectivity index (χ3v) is 2.99. The van der Waals surface area contributed by atoms with Gasteiger partial charge in [-0.05, 0) is 48.4 Å². The topological polar surface area (TPSA) is 38.0 Å². The van der Waals surface area contributed by atoms with Crippen LogP contribution in [0.4, 0.5) is 13.2 Å². The van der Waals surface area contributed by atoms with E-state index in [-0.39, 0.29) is 5.56 Å². The van der Waals surface area contributed by atoms with E-state index in [0.29, 0.717) is 5.56 Å². The van der Waals surface area contributed by atoms with Crippen molar-refractivity contribution in [2.24, 2.45) is 5.84 Å². The second-order valence-corrected chi connectivity index (χ2v) is 4.27. The Morgan fingerprint density at radius 2 is 1.53 bits per heavy atom. The van der Waals surface area contributed by atoms with Crippen molar-refractivity contribution in [3.05, 3.63) is 70.5 Å². The number of hydrogen-bond acceptors (Lipinski definition) is 2. The molecule has 3 N–H and O–H groups in total. The second kappa shape index (κ2) is 5.42. The minimum Gasteiger partial charge on any atom is -0.271 e. The van der Waals surface area contributed by atoms with Crippen LogP contribution in [0.5, 0.6) is 0 Å². The quantitative estimate of drug-likeness (QED) is 0.662. The maximum atomic E-state index is 13.8. The monoisotopic (exact) mass is 266 g/mol. The van der Waals surface area contributed by atoms with Crippen LogP contribution in [-0.2, 0) is 0 Å². The highest BCUT2D eigenvalue weighted by Crippen LogP contribution is 2.27. The maximum Gasteiger partial charge on any atom is 0.128 e. The first-order valence-electron chi connectivity index (χ1n) is 5.70. The van der Waals surface area contributed by atoms with Crippen molar-refractivity contribution in [3.8, 4) is 0 Å². The van der Waals surface area contributed by atoms with Crippen LogP contribution in [0.1, 0.15) is 22.7 Å². The molecule has 5 heteroatoms. The smallest absolute Gasteiger partial charge is 0.128 e. The van der Waals surface area contributed by atoms with Crippen LogP contribution in [0.25, 0.3) is 0 Å². The van der Waals surface area contributed by atoms with Crippen LogP contribution in [-0.4, -0.2) is 0 Å². The van der Waals surface area contributed by atoms with Gasteiger partial charge in [0.1, 0.15) is 17.5 Å². The van der Waals surface area contributed by atoms with Crippen LogP contribution in [0, 0.1) is 24.4 Å². The van der Waals surface area contributed by atoms with Crippen molar-refractivity contribution in [2.45, 2.75) is 13.0 Å². The third-order valence-electron chi connectivity index (χ3n) is 2.99. The van der Waals surface area contributed by atoms with E-state index in [1.165, 1.54) is 12.1 Å². The molecule has 2 nitrogen and oxygen atoms in total. The fourth-order valence-electron chi connectivity index (χ4n) is 2.01. The molecule has 1 atom stereocenters. The summed E-state index contributed by atoms with van der Waals surface area (Å²) >= 11 is 0. The fourth-order valence-corrected chi connectivity index (χ4v) is 2.01. The lowest BCUT2D eigenvalue weighted by Crippen LogP contribution is -2.30. The lowest BCUT2D eigenvalue weighted by Gasteiger charge is -2.19. The van der Waals surface area contributed by atoms with Crippen LogP contribution in [0.2, 0.25) is 0 Å². The number of rotatable bonds is 3. The molecule has 0 saturated carbocycles. The van der Waals surface area contributed by atoms with Gasteiger partial charge in [0.25, 0.3) is 0 Å². The summed E-state index contributed by atoms with van der Waals surface area (Å²) < 4.78 is 40.3. The van der Waals surface area contributed by atoms with E-state index >= 15 is 0 Å². The highest BCUT2D eigenvalue weighted by Gasteiger charge is 2.19. The molecular weight excluding hydrogens is 253 g/mol. The lowest BCUT2D eigenvalue weighted by molar-refractivity contribution is 0.541. The van der Waals surface area contributed by atoms with Crippen molar-refractivity contribution in [2.75, 3.05) is 0 Å². The highest BCUT2D eigenvalue weighted by atomic mass is 19.1. The Morgan fingerprint density at radius 1 is 0.947 bits per heavy atom. The van der Waals surface area contributed by atoms with E-state index in [1.807, 2.05) is 0 Å². The Bertz CT molecular complexity index is 548. The second-order valence-electron chi connectivity index (χ2n) is 4.27. The van der Waals surface area contributed by atoms with Crippen molar-refractivity contribution in [3.63, 3.8) is 0 Å². The lowest BCUT2D eigenvalue weighted by atomic mass is 9.95. The molecule has 1 unspecified atom stereocenters. The summed E-state index contributed by atoms with van der Waals surface area (Å²) in [6.45, 7) is 1.75. The molecule has 0 aliphatic heterocycles. The number of nitrogens with one attached hydrogen (secondary N) is 1. The molecule has 0 saturated heterocycles. The Labute approximate surface area is 109 Å². The van der Waals surface area contributed by atoms with Gasteiger partial charge in [-0.25, -0.2) is 18.6 Å². The molecular formula is C14H13F3N2. The largest absolute Gasteiger partial charge is 0.271 e. The number of benzene rings is 2. The van der Waals surface area contributed by atoms with Gasteiger partial charge in [0.15, 0.2) is 0 Å². The van der Waals surface area contributed by atoms with Crippen LogP contribution in [0.3, 0.4) is 0 Å². The molecule has 0 radical (unpaired) electrons. The number of halogens is 3. The first-order chi connectivity index (χ1) is 9.02. The fraction of sp³-hybridized carbons (Fsp3) is 0.143. The minimum absolute atomic E-state index is 0.0381. The Morgan fingerprint density at radius 3 is 2.16 bits per heavy atom. The van der Waals surface area contributed by atoms with E-state index in [1.54, 1.807) is 13.0 Å². The standard InChI is InChI=1S/C14H13F3N2/c1-8-2-3-9(15)6-11(8)14(19-18)12-7-10(16)4-5-13(12)17/h2-7,14,19H,18H2,1H3. The molecule has 0 fully saturated rings. The minimum atomic E-state index is -0.814. The van der Waals surface area contributed by atoms with Gasteiger partial charge in [0.2, 0.25) is 0 Å². The SMILES string of the molecule is Cc1ccc(F)cc1C(NN)c1cc(F)ccc1F. The molecule has 2 aromatic rings. The van der Waals surface area contributed by atoms with E-state index in [9.17, 15) is 13.2 Å². The van der Waals surface area contributed by atoms with Crippen molar-refractivity contribution in [1.29, 1.82) is 0 Å².